The van der Waals surface area contributed by atoms with Crippen molar-refractivity contribution >= 4 is 27.5 Å². The van der Waals surface area contributed by atoms with E-state index in [0.29, 0.717) is 18.0 Å². The number of methoxy groups -OCH3 is 1. The minimum absolute atomic E-state index is 0.0685. The van der Waals surface area contributed by atoms with E-state index in [4.69, 9.17) is 9.47 Å². The Morgan fingerprint density at radius 2 is 1.81 bits per heavy atom. The lowest BCUT2D eigenvalue weighted by atomic mass is 10.2. The van der Waals surface area contributed by atoms with Crippen LogP contribution in [0.4, 0.5) is 5.69 Å². The molecule has 0 atom stereocenters. The highest BCUT2D eigenvalue weighted by atomic mass is 32.2. The highest BCUT2D eigenvalue weighted by Crippen LogP contribution is 2.28. The van der Waals surface area contributed by atoms with Crippen LogP contribution in [0.3, 0.4) is 0 Å². The number of nitrogens with one attached hydrogen (secondary N) is 3. The Morgan fingerprint density at radius 1 is 1.10 bits per heavy atom. The molecule has 2 amide bonds. The Hall–Kier alpha value is -3.11. The van der Waals surface area contributed by atoms with Gasteiger partial charge in [-0.15, -0.1) is 0 Å². The fraction of sp³-hybridized carbons (Fsp3) is 0.333. The molecular weight excluding hydrogens is 422 g/mol. The summed E-state index contributed by atoms with van der Waals surface area (Å²) in [6.07, 6.45) is 1.59. The van der Waals surface area contributed by atoms with Gasteiger partial charge in [0.25, 0.3) is 11.8 Å². The van der Waals surface area contributed by atoms with Crippen LogP contribution in [0.5, 0.6) is 11.5 Å². The minimum atomic E-state index is -3.80. The normalized spacial score (nSPS) is 13.4. The Balaban J connectivity index is 1.68. The summed E-state index contributed by atoms with van der Waals surface area (Å²) in [5, 5.41) is 5.34. The Kier molecular flexibility index (Phi) is 7.13. The maximum Gasteiger partial charge on any atom is 0.257 e. The molecule has 9 nitrogen and oxygen atoms in total. The molecule has 0 aromatic heterocycles. The number of benzene rings is 2. The van der Waals surface area contributed by atoms with Crippen molar-refractivity contribution in [3.05, 3.63) is 48.0 Å². The molecule has 31 heavy (non-hydrogen) atoms. The highest BCUT2D eigenvalue weighted by molar-refractivity contribution is 7.89. The number of carbonyl (C=O) groups excluding carboxylic acids is 2. The predicted molar refractivity (Wildman–Crippen MR) is 115 cm³/mol. The van der Waals surface area contributed by atoms with Crippen molar-refractivity contribution in [1.29, 1.82) is 0 Å². The molecule has 166 valence electrons. The van der Waals surface area contributed by atoms with Crippen LogP contribution in [0.1, 0.15) is 30.1 Å². The number of amides is 2. The molecule has 3 rings (SSSR count). The van der Waals surface area contributed by atoms with Crippen LogP contribution in [0.15, 0.2) is 47.4 Å². The fourth-order valence-corrected chi connectivity index (χ4v) is 4.25. The monoisotopic (exact) mass is 447 g/mol. The van der Waals surface area contributed by atoms with Crippen LogP contribution in [0.25, 0.3) is 0 Å². The molecule has 0 bridgehead atoms. The SMILES string of the molecule is CCNC(=O)COc1ccc(NC(=O)c2ccc(OC)c(S(=O)(=O)NC3CC3)c2)cc1. The van der Waals surface area contributed by atoms with E-state index in [1.807, 2.05) is 6.92 Å². The molecular formula is C21H25N3O6S. The van der Waals surface area contributed by atoms with Crippen LogP contribution in [-0.4, -0.2) is 46.5 Å². The first-order valence-corrected chi connectivity index (χ1v) is 11.3. The second-order valence-electron chi connectivity index (χ2n) is 6.98. The van der Waals surface area contributed by atoms with Crippen molar-refractivity contribution in [3.63, 3.8) is 0 Å². The largest absolute Gasteiger partial charge is 0.495 e. The van der Waals surface area contributed by atoms with Crippen molar-refractivity contribution in [2.24, 2.45) is 0 Å². The molecule has 0 heterocycles. The van der Waals surface area contributed by atoms with Gasteiger partial charge in [0.05, 0.1) is 7.11 Å². The van der Waals surface area contributed by atoms with Crippen LogP contribution in [-0.2, 0) is 14.8 Å². The van der Waals surface area contributed by atoms with Gasteiger partial charge in [0, 0.05) is 23.8 Å². The van der Waals surface area contributed by atoms with Gasteiger partial charge in [-0.1, -0.05) is 0 Å². The second-order valence-corrected chi connectivity index (χ2v) is 8.66. The number of likely N-dealkylation sites (N-methyl/N-ethyl adjacent to an activating group) is 1. The van der Waals surface area contributed by atoms with Crippen molar-refractivity contribution in [3.8, 4) is 11.5 Å². The number of sulfonamides is 1. The lowest BCUT2D eigenvalue weighted by molar-refractivity contribution is -0.122. The Bertz CT molecular complexity index is 1050. The first-order valence-electron chi connectivity index (χ1n) is 9.83. The first-order chi connectivity index (χ1) is 14.8. The second kappa shape index (κ2) is 9.80. The van der Waals surface area contributed by atoms with Gasteiger partial charge in [0.2, 0.25) is 10.0 Å². The number of hydrogen-bond acceptors (Lipinski definition) is 6. The van der Waals surface area contributed by atoms with Crippen molar-refractivity contribution in [2.45, 2.75) is 30.7 Å². The number of rotatable bonds is 10. The lowest BCUT2D eigenvalue weighted by Gasteiger charge is -2.12. The van der Waals surface area contributed by atoms with Crippen LogP contribution < -0.4 is 24.8 Å². The maximum atomic E-state index is 12.6. The molecule has 3 N–H and O–H groups in total. The summed E-state index contributed by atoms with van der Waals surface area (Å²) < 4.78 is 38.4. The van der Waals surface area contributed by atoms with Crippen LogP contribution in [0, 0.1) is 0 Å². The molecule has 0 spiro atoms. The van der Waals surface area contributed by atoms with Gasteiger partial charge in [0.15, 0.2) is 6.61 Å². The third kappa shape index (κ3) is 6.19. The van der Waals surface area contributed by atoms with Crippen molar-refractivity contribution in [1.82, 2.24) is 10.0 Å². The van der Waals surface area contributed by atoms with E-state index in [9.17, 15) is 18.0 Å². The molecule has 0 unspecified atom stereocenters. The summed E-state index contributed by atoms with van der Waals surface area (Å²) >= 11 is 0. The fourth-order valence-electron chi connectivity index (χ4n) is 2.75. The number of carbonyl (C=O) groups is 2. The number of anilines is 1. The van der Waals surface area contributed by atoms with E-state index >= 15 is 0 Å². The van der Waals surface area contributed by atoms with Gasteiger partial charge in [0.1, 0.15) is 16.4 Å². The third-order valence-corrected chi connectivity index (χ3v) is 6.01. The van der Waals surface area contributed by atoms with E-state index < -0.39 is 15.9 Å². The summed E-state index contributed by atoms with van der Waals surface area (Å²) in [6.45, 7) is 2.25. The summed E-state index contributed by atoms with van der Waals surface area (Å²) in [4.78, 5) is 24.0. The van der Waals surface area contributed by atoms with E-state index in [1.165, 1.54) is 25.3 Å². The summed E-state index contributed by atoms with van der Waals surface area (Å²) in [7, 11) is -2.42. The van der Waals surface area contributed by atoms with Gasteiger partial charge in [-0.2, -0.15) is 0 Å². The third-order valence-electron chi connectivity index (χ3n) is 4.47. The summed E-state index contributed by atoms with van der Waals surface area (Å²) in [6, 6.07) is 10.7. The first kappa shape index (κ1) is 22.6. The Labute approximate surface area is 181 Å². The van der Waals surface area contributed by atoms with Gasteiger partial charge < -0.3 is 20.1 Å². The van der Waals surface area contributed by atoms with Crippen LogP contribution in [0.2, 0.25) is 0 Å². The lowest BCUT2D eigenvalue weighted by Crippen LogP contribution is -2.28. The molecule has 10 heteroatoms. The maximum absolute atomic E-state index is 12.6. The van der Waals surface area contributed by atoms with Crippen LogP contribution >= 0.6 is 0 Å². The highest BCUT2D eigenvalue weighted by Gasteiger charge is 2.30. The van der Waals surface area contributed by atoms with Gasteiger partial charge in [-0.05, 0) is 62.2 Å². The standard InChI is InChI=1S/C21H25N3O6S/c1-3-22-20(25)13-30-17-9-7-15(8-10-17)23-21(26)14-4-11-18(29-2)19(12-14)31(27,28)24-16-5-6-16/h4,7-12,16,24H,3,5-6,13H2,1-2H3,(H,22,25)(H,23,26). The molecule has 0 saturated heterocycles. The van der Waals surface area contributed by atoms with Crippen molar-refractivity contribution in [2.75, 3.05) is 25.6 Å². The predicted octanol–water partition coefficient (Wildman–Crippen LogP) is 1.90. The zero-order valence-electron chi connectivity index (χ0n) is 17.3. The smallest absolute Gasteiger partial charge is 0.257 e. The molecule has 1 aliphatic rings. The molecule has 0 aliphatic heterocycles. The average Bonchev–Trinajstić information content (AvgIpc) is 3.56. The van der Waals surface area contributed by atoms with E-state index in [2.05, 4.69) is 15.4 Å². The molecule has 1 aliphatic carbocycles. The van der Waals surface area contributed by atoms with Crippen molar-refractivity contribution < 1.29 is 27.5 Å². The molecule has 1 saturated carbocycles. The molecule has 0 radical (unpaired) electrons. The summed E-state index contributed by atoms with van der Waals surface area (Å²) in [5.74, 6) is -0.0469. The molecule has 1 fully saturated rings. The quantitative estimate of drug-likeness (QED) is 0.511. The van der Waals surface area contributed by atoms with Gasteiger partial charge >= 0.3 is 0 Å². The zero-order valence-corrected chi connectivity index (χ0v) is 18.1. The van der Waals surface area contributed by atoms with E-state index in [0.717, 1.165) is 12.8 Å². The molecule has 2 aromatic carbocycles. The minimum Gasteiger partial charge on any atom is -0.495 e. The average molecular weight is 448 g/mol. The van der Waals surface area contributed by atoms with Gasteiger partial charge in [-0.3, -0.25) is 9.59 Å². The van der Waals surface area contributed by atoms with E-state index in [1.54, 1.807) is 24.3 Å². The molecule has 2 aromatic rings. The number of ether oxygens (including phenoxy) is 2. The zero-order chi connectivity index (χ0) is 22.4. The Morgan fingerprint density at radius 3 is 2.42 bits per heavy atom. The van der Waals surface area contributed by atoms with Gasteiger partial charge in [-0.25, -0.2) is 13.1 Å². The van der Waals surface area contributed by atoms with E-state index in [-0.39, 0.29) is 34.8 Å². The summed E-state index contributed by atoms with van der Waals surface area (Å²) in [5.41, 5.74) is 0.667. The number of hydrogen-bond donors (Lipinski definition) is 3. The topological polar surface area (TPSA) is 123 Å².